The zero-order chi connectivity index (χ0) is 26.1. The van der Waals surface area contributed by atoms with Crippen LogP contribution in [0.15, 0.2) is 66.7 Å². The summed E-state index contributed by atoms with van der Waals surface area (Å²) in [6.07, 6.45) is 0. The third-order valence-electron chi connectivity index (χ3n) is 5.73. The first-order chi connectivity index (χ1) is 17.8. The molecule has 0 spiro atoms. The van der Waals surface area contributed by atoms with Gasteiger partial charge in [-0.1, -0.05) is 66.2 Å². The van der Waals surface area contributed by atoms with Crippen molar-refractivity contribution in [3.05, 3.63) is 98.9 Å². The number of fused-ring (bicyclic) bond motifs is 3. The van der Waals surface area contributed by atoms with E-state index in [1.807, 2.05) is 18.2 Å². The van der Waals surface area contributed by atoms with Crippen LogP contribution in [0.1, 0.15) is 41.5 Å². The third-order valence-corrected chi connectivity index (χ3v) is 7.40. The van der Waals surface area contributed by atoms with Gasteiger partial charge in [0.05, 0.1) is 16.3 Å². The van der Waals surface area contributed by atoms with Gasteiger partial charge in [-0.3, -0.25) is 24.0 Å². The topological polar surface area (TPSA) is 119 Å². The summed E-state index contributed by atoms with van der Waals surface area (Å²) in [5, 5.41) is 6.00. The van der Waals surface area contributed by atoms with Crippen molar-refractivity contribution in [3.8, 4) is 0 Å². The lowest BCUT2D eigenvalue weighted by molar-refractivity contribution is -0.146. The first-order valence-corrected chi connectivity index (χ1v) is 12.3. The molecule has 10 heteroatoms. The average molecular weight is 533 g/mol. The maximum atomic E-state index is 13.0. The van der Waals surface area contributed by atoms with E-state index in [-0.39, 0.29) is 38.8 Å². The van der Waals surface area contributed by atoms with Crippen molar-refractivity contribution in [2.24, 2.45) is 0 Å². The van der Waals surface area contributed by atoms with E-state index in [1.165, 1.54) is 23.5 Å². The normalized spacial score (nSPS) is 12.0. The van der Waals surface area contributed by atoms with Crippen LogP contribution in [0.4, 0.5) is 5.69 Å². The number of benzene rings is 3. The summed E-state index contributed by atoms with van der Waals surface area (Å²) in [6.45, 7) is -1.12. The Hall–Kier alpha value is -4.34. The molecule has 184 valence electrons. The van der Waals surface area contributed by atoms with Crippen LogP contribution in [0.2, 0.25) is 5.02 Å². The molecule has 1 heterocycles. The maximum absolute atomic E-state index is 13.0. The average Bonchev–Trinajstić information content (AvgIpc) is 3.25. The van der Waals surface area contributed by atoms with Crippen LogP contribution in [0.5, 0.6) is 0 Å². The van der Waals surface area contributed by atoms with E-state index in [4.69, 9.17) is 16.3 Å². The Balaban J connectivity index is 1.19. The number of anilines is 1. The van der Waals surface area contributed by atoms with Crippen LogP contribution in [0.3, 0.4) is 0 Å². The van der Waals surface area contributed by atoms with Crippen molar-refractivity contribution in [2.45, 2.75) is 0 Å². The summed E-state index contributed by atoms with van der Waals surface area (Å²) in [7, 11) is 0. The third kappa shape index (κ3) is 4.62. The fraction of sp³-hybridized carbons (Fsp3) is 0.0741. The van der Waals surface area contributed by atoms with Crippen LogP contribution >= 0.6 is 22.9 Å². The monoisotopic (exact) mass is 532 g/mol. The summed E-state index contributed by atoms with van der Waals surface area (Å²) >= 11 is 7.48. The maximum Gasteiger partial charge on any atom is 0.325 e. The summed E-state index contributed by atoms with van der Waals surface area (Å²) in [6, 6.07) is 18.3. The fourth-order valence-corrected chi connectivity index (χ4v) is 5.46. The van der Waals surface area contributed by atoms with Crippen molar-refractivity contribution < 1.29 is 28.7 Å². The van der Waals surface area contributed by atoms with Crippen LogP contribution in [-0.4, -0.2) is 42.5 Å². The summed E-state index contributed by atoms with van der Waals surface area (Å²) in [5.74, 6) is -2.79. The number of ether oxygens (including phenoxy) is 1. The van der Waals surface area contributed by atoms with Gasteiger partial charge < -0.3 is 15.4 Å². The molecular formula is C27H17ClN2O6S. The summed E-state index contributed by atoms with van der Waals surface area (Å²) < 4.78 is 5.79. The molecule has 0 unspecified atom stereocenters. The number of carbonyl (C=O) groups is 5. The van der Waals surface area contributed by atoms with Gasteiger partial charge in [-0.2, -0.15) is 0 Å². The molecular weight excluding hydrogens is 516 g/mol. The van der Waals surface area contributed by atoms with Gasteiger partial charge in [0.15, 0.2) is 18.2 Å². The lowest BCUT2D eigenvalue weighted by Gasteiger charge is -2.20. The highest BCUT2D eigenvalue weighted by Gasteiger charge is 2.31. The molecule has 37 heavy (non-hydrogen) atoms. The standard InChI is InChI=1S/C27H17ClN2O6S/c28-23-16-8-3-4-11-19(16)37-26(23)27(35)29-12-21(32)36-13-20(31)30-18-10-5-9-17-22(18)25(34)15-7-2-1-6-14(15)24(17)33/h1-11H,12-13H2,(H,29,35)(H,30,31). The molecule has 0 bridgehead atoms. The number of hydrogen-bond donors (Lipinski definition) is 2. The Labute approximate surface area is 219 Å². The second-order valence-electron chi connectivity index (χ2n) is 8.06. The first-order valence-electron chi connectivity index (χ1n) is 11.1. The molecule has 0 aliphatic heterocycles. The van der Waals surface area contributed by atoms with Gasteiger partial charge in [0.2, 0.25) is 0 Å². The molecule has 5 rings (SSSR count). The minimum absolute atomic E-state index is 0.0818. The molecule has 0 radical (unpaired) electrons. The van der Waals surface area contributed by atoms with Gasteiger partial charge in [0.1, 0.15) is 11.4 Å². The lowest BCUT2D eigenvalue weighted by Crippen LogP contribution is -2.32. The number of esters is 1. The number of hydrogen-bond acceptors (Lipinski definition) is 7. The molecule has 1 aromatic heterocycles. The highest BCUT2D eigenvalue weighted by atomic mass is 35.5. The van der Waals surface area contributed by atoms with E-state index < -0.39 is 30.9 Å². The van der Waals surface area contributed by atoms with E-state index in [0.29, 0.717) is 10.6 Å². The Morgan fingerprint density at radius 1 is 0.838 bits per heavy atom. The smallest absolute Gasteiger partial charge is 0.325 e. The van der Waals surface area contributed by atoms with Crippen molar-refractivity contribution in [1.29, 1.82) is 0 Å². The van der Waals surface area contributed by atoms with Gasteiger partial charge in [-0.05, 0) is 12.1 Å². The molecule has 3 aromatic carbocycles. The number of carbonyl (C=O) groups excluding carboxylic acids is 5. The molecule has 0 saturated heterocycles. The Morgan fingerprint density at radius 2 is 1.51 bits per heavy atom. The molecule has 4 aromatic rings. The minimum Gasteiger partial charge on any atom is -0.454 e. The second kappa shape index (κ2) is 9.96. The molecule has 2 N–H and O–H groups in total. The van der Waals surface area contributed by atoms with E-state index in [2.05, 4.69) is 10.6 Å². The van der Waals surface area contributed by atoms with E-state index >= 15 is 0 Å². The quantitative estimate of drug-likeness (QED) is 0.316. The molecule has 2 amide bonds. The number of rotatable bonds is 6. The molecule has 1 aliphatic carbocycles. The molecule has 8 nitrogen and oxygen atoms in total. The molecule has 0 fully saturated rings. The lowest BCUT2D eigenvalue weighted by atomic mass is 9.83. The Kier molecular flexibility index (Phi) is 6.56. The van der Waals surface area contributed by atoms with Crippen LogP contribution in [0.25, 0.3) is 10.1 Å². The van der Waals surface area contributed by atoms with Crippen molar-refractivity contribution in [2.75, 3.05) is 18.5 Å². The number of amides is 2. The van der Waals surface area contributed by atoms with Crippen LogP contribution < -0.4 is 10.6 Å². The predicted octanol–water partition coefficient (Wildman–Crippen LogP) is 4.24. The first kappa shape index (κ1) is 24.4. The molecule has 1 aliphatic rings. The number of halogens is 1. The van der Waals surface area contributed by atoms with Crippen molar-refractivity contribution in [3.63, 3.8) is 0 Å². The van der Waals surface area contributed by atoms with Gasteiger partial charge in [0.25, 0.3) is 11.8 Å². The SMILES string of the molecule is O=C(COC(=O)CNC(=O)c1sc2ccccc2c1Cl)Nc1cccc2c1C(=O)c1ccccc1C2=O. The van der Waals surface area contributed by atoms with Crippen LogP contribution in [-0.2, 0) is 14.3 Å². The predicted molar refractivity (Wildman–Crippen MR) is 139 cm³/mol. The largest absolute Gasteiger partial charge is 0.454 e. The molecule has 0 saturated carbocycles. The number of ketones is 2. The summed E-state index contributed by atoms with van der Waals surface area (Å²) in [4.78, 5) is 63.2. The van der Waals surface area contributed by atoms with Crippen molar-refractivity contribution in [1.82, 2.24) is 5.32 Å². The van der Waals surface area contributed by atoms with Crippen molar-refractivity contribution >= 4 is 68.1 Å². The number of nitrogens with one attached hydrogen (secondary N) is 2. The zero-order valence-corrected chi connectivity index (χ0v) is 20.6. The Bertz CT molecular complexity index is 1630. The zero-order valence-electron chi connectivity index (χ0n) is 19.0. The number of thiophene rings is 1. The second-order valence-corrected chi connectivity index (χ2v) is 9.49. The van der Waals surface area contributed by atoms with Crippen LogP contribution in [0, 0.1) is 0 Å². The Morgan fingerprint density at radius 3 is 2.27 bits per heavy atom. The highest BCUT2D eigenvalue weighted by molar-refractivity contribution is 7.21. The van der Waals surface area contributed by atoms with Gasteiger partial charge in [-0.25, -0.2) is 0 Å². The molecule has 0 atom stereocenters. The highest BCUT2D eigenvalue weighted by Crippen LogP contribution is 2.35. The minimum atomic E-state index is -0.837. The van der Waals surface area contributed by atoms with Gasteiger partial charge in [0, 0.05) is 26.8 Å². The van der Waals surface area contributed by atoms with Gasteiger partial charge in [-0.15, -0.1) is 11.3 Å². The van der Waals surface area contributed by atoms with E-state index in [0.717, 1.165) is 10.1 Å². The van der Waals surface area contributed by atoms with Gasteiger partial charge >= 0.3 is 5.97 Å². The van der Waals surface area contributed by atoms with E-state index in [1.54, 1.807) is 36.4 Å². The summed E-state index contributed by atoms with van der Waals surface area (Å²) in [5.41, 5.74) is 0.956. The fourth-order valence-electron chi connectivity index (χ4n) is 4.03. The van der Waals surface area contributed by atoms with E-state index in [9.17, 15) is 24.0 Å².